The number of carbonyl (C=O) groups is 3. The van der Waals surface area contributed by atoms with E-state index in [0.717, 1.165) is 17.7 Å². The fraction of sp³-hybridized carbons (Fsp3) is 0.350. The molecule has 0 radical (unpaired) electrons. The van der Waals surface area contributed by atoms with Gasteiger partial charge in [0.15, 0.2) is 5.54 Å². The number of urea groups is 1. The Labute approximate surface area is 179 Å². The Kier molecular flexibility index (Phi) is 5.31. The highest BCUT2D eigenvalue weighted by atomic mass is 32.2. The normalized spacial score (nSPS) is 22.0. The number of imide groups is 1. The van der Waals surface area contributed by atoms with Crippen LogP contribution >= 0.6 is 0 Å². The molecule has 0 bridgehead atoms. The average molecular weight is 446 g/mol. The quantitative estimate of drug-likeness (QED) is 0.647. The van der Waals surface area contributed by atoms with Gasteiger partial charge in [-0.25, -0.2) is 13.2 Å². The van der Waals surface area contributed by atoms with Crippen LogP contribution in [-0.4, -0.2) is 55.1 Å². The second kappa shape index (κ2) is 7.82. The fourth-order valence-electron chi connectivity index (χ4n) is 3.73. The van der Waals surface area contributed by atoms with Crippen molar-refractivity contribution in [2.45, 2.75) is 30.2 Å². The molecule has 2 aliphatic rings. The van der Waals surface area contributed by atoms with Crippen LogP contribution in [0.4, 0.5) is 10.5 Å². The van der Waals surface area contributed by atoms with Crippen molar-refractivity contribution in [1.29, 1.82) is 0 Å². The number of benzene rings is 1. The lowest BCUT2D eigenvalue weighted by Crippen LogP contribution is -2.41. The third kappa shape index (κ3) is 3.81. The third-order valence-electron chi connectivity index (χ3n) is 5.41. The standard InChI is InChI=1S/C20H22N4O6S/c1-20(16-8-5-11-30-16)18(26)24(19(27)22-20)13-17(25)21-14-6-4-7-15(12-14)31(28,29)23-9-2-3-10-23/h4-8,11-12H,2-3,9-10,13H2,1H3,(H,21,25)(H,22,27)/t20-/m0/s1. The molecule has 1 atom stereocenters. The molecule has 10 nitrogen and oxygen atoms in total. The largest absolute Gasteiger partial charge is 0.466 e. The van der Waals surface area contributed by atoms with Crippen molar-refractivity contribution in [3.8, 4) is 0 Å². The summed E-state index contributed by atoms with van der Waals surface area (Å²) < 4.78 is 32.1. The topological polar surface area (TPSA) is 129 Å². The van der Waals surface area contributed by atoms with E-state index in [-0.39, 0.29) is 16.3 Å². The molecule has 0 spiro atoms. The van der Waals surface area contributed by atoms with Crippen molar-refractivity contribution in [1.82, 2.24) is 14.5 Å². The van der Waals surface area contributed by atoms with Gasteiger partial charge in [-0.05, 0) is 50.1 Å². The Morgan fingerprint density at radius 2 is 1.94 bits per heavy atom. The summed E-state index contributed by atoms with van der Waals surface area (Å²) in [6, 6.07) is 8.34. The Morgan fingerprint density at radius 3 is 2.61 bits per heavy atom. The van der Waals surface area contributed by atoms with Crippen LogP contribution < -0.4 is 10.6 Å². The molecule has 2 aromatic rings. The molecule has 4 amide bonds. The maximum atomic E-state index is 12.8. The maximum absolute atomic E-state index is 12.8. The van der Waals surface area contributed by atoms with Crippen molar-refractivity contribution >= 4 is 33.6 Å². The Morgan fingerprint density at radius 1 is 1.19 bits per heavy atom. The summed E-state index contributed by atoms with van der Waals surface area (Å²) in [6.45, 7) is 1.92. The van der Waals surface area contributed by atoms with E-state index in [1.54, 1.807) is 18.2 Å². The molecule has 4 rings (SSSR count). The predicted octanol–water partition coefficient (Wildman–Crippen LogP) is 1.47. The van der Waals surface area contributed by atoms with Crippen molar-refractivity contribution in [3.63, 3.8) is 0 Å². The lowest BCUT2D eigenvalue weighted by molar-refractivity contribution is -0.134. The van der Waals surface area contributed by atoms with Gasteiger partial charge in [-0.3, -0.25) is 14.5 Å². The Bertz CT molecular complexity index is 1120. The highest BCUT2D eigenvalue weighted by Gasteiger charge is 2.51. The monoisotopic (exact) mass is 446 g/mol. The second-order valence-electron chi connectivity index (χ2n) is 7.61. The van der Waals surface area contributed by atoms with E-state index in [4.69, 9.17) is 4.42 Å². The van der Waals surface area contributed by atoms with Crippen LogP contribution in [-0.2, 0) is 25.2 Å². The molecule has 2 fully saturated rings. The molecular formula is C20H22N4O6S. The van der Waals surface area contributed by atoms with Gasteiger partial charge in [0.2, 0.25) is 15.9 Å². The van der Waals surface area contributed by atoms with Crippen molar-refractivity contribution in [3.05, 3.63) is 48.4 Å². The summed E-state index contributed by atoms with van der Waals surface area (Å²) >= 11 is 0. The number of sulfonamides is 1. The Hall–Kier alpha value is -3.18. The van der Waals surface area contributed by atoms with Gasteiger partial charge >= 0.3 is 6.03 Å². The first-order chi connectivity index (χ1) is 14.7. The Balaban J connectivity index is 1.46. The minimum absolute atomic E-state index is 0.0765. The number of hydrogen-bond donors (Lipinski definition) is 2. The van der Waals surface area contributed by atoms with Gasteiger partial charge in [-0.15, -0.1) is 0 Å². The molecule has 0 saturated carbocycles. The predicted molar refractivity (Wildman–Crippen MR) is 109 cm³/mol. The van der Waals surface area contributed by atoms with E-state index in [9.17, 15) is 22.8 Å². The number of hydrogen-bond acceptors (Lipinski definition) is 6. The van der Waals surface area contributed by atoms with Gasteiger partial charge < -0.3 is 15.1 Å². The van der Waals surface area contributed by atoms with Gasteiger partial charge in [-0.2, -0.15) is 4.31 Å². The number of anilines is 1. The van der Waals surface area contributed by atoms with E-state index >= 15 is 0 Å². The number of carbonyl (C=O) groups excluding carboxylic acids is 3. The number of nitrogens with one attached hydrogen (secondary N) is 2. The number of rotatable bonds is 6. The zero-order valence-electron chi connectivity index (χ0n) is 16.8. The van der Waals surface area contributed by atoms with Crippen molar-refractivity contribution < 1.29 is 27.2 Å². The molecule has 2 aliphatic heterocycles. The third-order valence-corrected chi connectivity index (χ3v) is 7.31. The molecule has 1 aromatic carbocycles. The lowest BCUT2D eigenvalue weighted by atomic mass is 9.99. The molecule has 3 heterocycles. The summed E-state index contributed by atoms with van der Waals surface area (Å²) in [4.78, 5) is 38.5. The first kappa shape index (κ1) is 21.1. The van der Waals surface area contributed by atoms with Gasteiger partial charge in [-0.1, -0.05) is 6.07 Å². The zero-order chi connectivity index (χ0) is 22.2. The maximum Gasteiger partial charge on any atom is 0.325 e. The van der Waals surface area contributed by atoms with Crippen molar-refractivity contribution in [2.24, 2.45) is 0 Å². The summed E-state index contributed by atoms with van der Waals surface area (Å²) in [7, 11) is -3.63. The zero-order valence-corrected chi connectivity index (χ0v) is 17.6. The number of amides is 4. The van der Waals surface area contributed by atoms with Crippen LogP contribution in [0.15, 0.2) is 52.0 Å². The van der Waals surface area contributed by atoms with Crippen LogP contribution in [0.2, 0.25) is 0 Å². The molecule has 31 heavy (non-hydrogen) atoms. The smallest absolute Gasteiger partial charge is 0.325 e. The first-order valence-corrected chi connectivity index (χ1v) is 11.2. The highest BCUT2D eigenvalue weighted by Crippen LogP contribution is 2.29. The molecule has 0 unspecified atom stereocenters. The first-order valence-electron chi connectivity index (χ1n) is 9.80. The molecule has 1 aromatic heterocycles. The number of furan rings is 1. The van der Waals surface area contributed by atoms with Crippen LogP contribution in [0.25, 0.3) is 0 Å². The molecule has 2 N–H and O–H groups in total. The van der Waals surface area contributed by atoms with Crippen molar-refractivity contribution in [2.75, 3.05) is 25.0 Å². The van der Waals surface area contributed by atoms with E-state index in [0.29, 0.717) is 13.1 Å². The number of nitrogens with zero attached hydrogens (tertiary/aromatic N) is 2. The summed E-state index contributed by atoms with van der Waals surface area (Å²) in [5, 5.41) is 5.10. The van der Waals surface area contributed by atoms with Gasteiger partial charge in [0.25, 0.3) is 5.91 Å². The summed E-state index contributed by atoms with van der Waals surface area (Å²) in [5.41, 5.74) is -1.14. The van der Waals surface area contributed by atoms with Gasteiger partial charge in [0.05, 0.1) is 11.2 Å². The molecule has 0 aliphatic carbocycles. The highest BCUT2D eigenvalue weighted by molar-refractivity contribution is 7.89. The second-order valence-corrected chi connectivity index (χ2v) is 9.55. The molecular weight excluding hydrogens is 424 g/mol. The molecule has 11 heteroatoms. The molecule has 2 saturated heterocycles. The summed E-state index contributed by atoms with van der Waals surface area (Å²) in [6.07, 6.45) is 3.02. The minimum atomic E-state index is -3.63. The van der Waals surface area contributed by atoms with Gasteiger partial charge in [0, 0.05) is 18.8 Å². The van der Waals surface area contributed by atoms with Gasteiger partial charge in [0.1, 0.15) is 12.3 Å². The van der Waals surface area contributed by atoms with E-state index in [2.05, 4.69) is 10.6 Å². The SMILES string of the molecule is C[C@@]1(c2ccco2)NC(=O)N(CC(=O)Nc2cccc(S(=O)(=O)N3CCCC3)c2)C1=O. The lowest BCUT2D eigenvalue weighted by Gasteiger charge is -2.19. The van der Waals surface area contributed by atoms with E-state index in [1.807, 2.05) is 0 Å². The van der Waals surface area contributed by atoms with Crippen LogP contribution in [0, 0.1) is 0 Å². The van der Waals surface area contributed by atoms with Crippen LogP contribution in [0.5, 0.6) is 0 Å². The van der Waals surface area contributed by atoms with Crippen LogP contribution in [0.3, 0.4) is 0 Å². The van der Waals surface area contributed by atoms with E-state index in [1.165, 1.54) is 35.7 Å². The average Bonchev–Trinajstić information content (AvgIpc) is 3.48. The fourth-order valence-corrected chi connectivity index (χ4v) is 5.29. The van der Waals surface area contributed by atoms with E-state index < -0.39 is 40.0 Å². The summed E-state index contributed by atoms with van der Waals surface area (Å²) in [5.74, 6) is -0.996. The minimum Gasteiger partial charge on any atom is -0.466 e. The molecule has 164 valence electrons. The van der Waals surface area contributed by atoms with Crippen LogP contribution in [0.1, 0.15) is 25.5 Å².